The molecule has 0 fully saturated rings. The number of carbonyl (C=O) groups is 1. The summed E-state index contributed by atoms with van der Waals surface area (Å²) >= 11 is 1.46. The van der Waals surface area contributed by atoms with Gasteiger partial charge in [0.15, 0.2) is 11.5 Å². The third-order valence-corrected chi connectivity index (χ3v) is 4.42. The van der Waals surface area contributed by atoms with Crippen LogP contribution in [-0.2, 0) is 0 Å². The molecule has 8 heteroatoms. The first kappa shape index (κ1) is 20.3. The van der Waals surface area contributed by atoms with E-state index in [0.717, 1.165) is 10.6 Å². The molecule has 0 saturated heterocycles. The number of nitrogens with zero attached hydrogens (tertiary/aromatic N) is 2. The van der Waals surface area contributed by atoms with Gasteiger partial charge < -0.3 is 20.1 Å². The Morgan fingerprint density at radius 2 is 1.78 bits per heavy atom. The minimum atomic E-state index is -1.06. The van der Waals surface area contributed by atoms with Gasteiger partial charge in [0.05, 0.1) is 18.9 Å². The Balaban J connectivity index is 0.00000261. The summed E-state index contributed by atoms with van der Waals surface area (Å²) < 4.78 is 11.2. The molecule has 0 atom stereocenters. The molecule has 27 heavy (non-hydrogen) atoms. The van der Waals surface area contributed by atoms with E-state index in [1.54, 1.807) is 12.1 Å². The van der Waals surface area contributed by atoms with E-state index in [4.69, 9.17) is 14.6 Å². The molecule has 0 unspecified atom stereocenters. The van der Waals surface area contributed by atoms with Gasteiger partial charge >= 0.3 is 5.97 Å². The topological polar surface area (TPSA) is 113 Å². The molecule has 3 aromatic rings. The third-order valence-electron chi connectivity index (χ3n) is 3.53. The van der Waals surface area contributed by atoms with Crippen LogP contribution in [-0.4, -0.2) is 39.7 Å². The van der Waals surface area contributed by atoms with Crippen molar-refractivity contribution in [3.8, 4) is 33.5 Å². The molecule has 0 bridgehead atoms. The molecule has 7 nitrogen and oxygen atoms in total. The number of thiazole rings is 1. The lowest BCUT2D eigenvalue weighted by molar-refractivity contribution is 0.0690. The molecule has 0 aliphatic carbocycles. The van der Waals surface area contributed by atoms with E-state index in [9.17, 15) is 4.79 Å². The molecule has 0 saturated carbocycles. The number of benzene rings is 1. The van der Waals surface area contributed by atoms with E-state index in [-0.39, 0.29) is 11.2 Å². The van der Waals surface area contributed by atoms with Crippen molar-refractivity contribution in [1.82, 2.24) is 9.97 Å². The maximum absolute atomic E-state index is 11.1. The van der Waals surface area contributed by atoms with Gasteiger partial charge in [-0.05, 0) is 44.2 Å². The highest BCUT2D eigenvalue weighted by Gasteiger charge is 2.13. The maximum Gasteiger partial charge on any atom is 0.354 e. The highest BCUT2D eigenvalue weighted by molar-refractivity contribution is 7.13. The molecule has 0 radical (unpaired) electrons. The van der Waals surface area contributed by atoms with Crippen molar-refractivity contribution in [3.63, 3.8) is 0 Å². The van der Waals surface area contributed by atoms with Gasteiger partial charge in [-0.15, -0.1) is 11.3 Å². The maximum atomic E-state index is 11.1. The first-order chi connectivity index (χ1) is 12.6. The summed E-state index contributed by atoms with van der Waals surface area (Å²) in [6.45, 7) is 4.95. The quantitative estimate of drug-likeness (QED) is 0.662. The average Bonchev–Trinajstić information content (AvgIpc) is 3.14. The zero-order chi connectivity index (χ0) is 18.5. The van der Waals surface area contributed by atoms with Gasteiger partial charge in [0, 0.05) is 10.9 Å². The van der Waals surface area contributed by atoms with Crippen molar-refractivity contribution in [2.24, 2.45) is 0 Å². The van der Waals surface area contributed by atoms with Crippen molar-refractivity contribution >= 4 is 17.3 Å². The Kier molecular flexibility index (Phi) is 6.86. The number of hydrogen-bond donors (Lipinski definition) is 1. The van der Waals surface area contributed by atoms with Crippen molar-refractivity contribution < 1.29 is 24.9 Å². The summed E-state index contributed by atoms with van der Waals surface area (Å²) in [6.07, 6.45) is 0. The molecule has 142 valence electrons. The molecule has 0 aliphatic heterocycles. The predicted octanol–water partition coefficient (Wildman–Crippen LogP) is 3.54. The van der Waals surface area contributed by atoms with Crippen LogP contribution in [0.1, 0.15) is 24.3 Å². The van der Waals surface area contributed by atoms with Crippen molar-refractivity contribution in [1.29, 1.82) is 0 Å². The monoisotopic (exact) mass is 388 g/mol. The lowest BCUT2D eigenvalue weighted by Crippen LogP contribution is -2.00. The van der Waals surface area contributed by atoms with Crippen LogP contribution in [0, 0.1) is 0 Å². The summed E-state index contributed by atoms with van der Waals surface area (Å²) in [6, 6.07) is 10.6. The Labute approximate surface area is 160 Å². The summed E-state index contributed by atoms with van der Waals surface area (Å²) in [5, 5.41) is 11.7. The second kappa shape index (κ2) is 9.11. The van der Waals surface area contributed by atoms with Crippen LogP contribution in [0.15, 0.2) is 41.8 Å². The summed E-state index contributed by atoms with van der Waals surface area (Å²) in [5.41, 5.74) is 2.07. The van der Waals surface area contributed by atoms with E-state index in [0.29, 0.717) is 36.1 Å². The standard InChI is InChI=1S/C19H18N2O4S.H2O/c1-3-24-16-9-8-12(10-17(16)25-4-2)18-21-15(11-26-18)13-6-5-7-14(20-13)19(22)23;/h5-11H,3-4H2,1-2H3,(H,22,23);1H2. The first-order valence-corrected chi connectivity index (χ1v) is 9.06. The fourth-order valence-corrected chi connectivity index (χ4v) is 3.22. The average molecular weight is 388 g/mol. The SMILES string of the molecule is CCOc1ccc(-c2nc(-c3cccc(C(=O)O)n3)cs2)cc1OCC.O. The minimum Gasteiger partial charge on any atom is -0.490 e. The number of aromatic nitrogens is 2. The van der Waals surface area contributed by atoms with Gasteiger partial charge in [0.1, 0.15) is 16.4 Å². The molecule has 0 spiro atoms. The smallest absolute Gasteiger partial charge is 0.354 e. The molecule has 2 heterocycles. The molecular formula is C19H20N2O5S. The number of rotatable bonds is 7. The number of pyridine rings is 1. The van der Waals surface area contributed by atoms with Crippen molar-refractivity contribution in [2.45, 2.75) is 13.8 Å². The predicted molar refractivity (Wildman–Crippen MR) is 104 cm³/mol. The molecular weight excluding hydrogens is 368 g/mol. The van der Waals surface area contributed by atoms with E-state index in [1.165, 1.54) is 17.4 Å². The fraction of sp³-hybridized carbons (Fsp3) is 0.211. The lowest BCUT2D eigenvalue weighted by Gasteiger charge is -2.11. The van der Waals surface area contributed by atoms with Gasteiger partial charge in [-0.1, -0.05) is 6.07 Å². The number of carboxylic acids is 1. The molecule has 0 aliphatic rings. The number of hydrogen-bond acceptors (Lipinski definition) is 6. The summed E-state index contributed by atoms with van der Waals surface area (Å²) in [7, 11) is 0. The van der Waals surface area contributed by atoms with Crippen molar-refractivity contribution in [2.75, 3.05) is 13.2 Å². The lowest BCUT2D eigenvalue weighted by atomic mass is 10.2. The van der Waals surface area contributed by atoms with Crippen LogP contribution in [0.2, 0.25) is 0 Å². The molecule has 3 rings (SSSR count). The van der Waals surface area contributed by atoms with Crippen LogP contribution in [0.3, 0.4) is 0 Å². The van der Waals surface area contributed by atoms with Crippen LogP contribution in [0.5, 0.6) is 11.5 Å². The highest BCUT2D eigenvalue weighted by Crippen LogP contribution is 2.35. The van der Waals surface area contributed by atoms with Crippen molar-refractivity contribution in [3.05, 3.63) is 47.5 Å². The normalized spacial score (nSPS) is 10.1. The summed E-state index contributed by atoms with van der Waals surface area (Å²) in [4.78, 5) is 19.8. The molecule has 1 aromatic carbocycles. The van der Waals surface area contributed by atoms with E-state index in [1.807, 2.05) is 37.4 Å². The second-order valence-corrected chi connectivity index (χ2v) is 6.14. The second-order valence-electron chi connectivity index (χ2n) is 5.28. The Morgan fingerprint density at radius 3 is 2.48 bits per heavy atom. The fourth-order valence-electron chi connectivity index (χ4n) is 2.40. The van der Waals surface area contributed by atoms with Gasteiger partial charge in [-0.2, -0.15) is 0 Å². The van der Waals surface area contributed by atoms with Crippen LogP contribution in [0.25, 0.3) is 22.0 Å². The van der Waals surface area contributed by atoms with Crippen LogP contribution < -0.4 is 9.47 Å². The van der Waals surface area contributed by atoms with Gasteiger partial charge in [0.2, 0.25) is 0 Å². The number of ether oxygens (including phenoxy) is 2. The van der Waals surface area contributed by atoms with Gasteiger partial charge in [-0.3, -0.25) is 0 Å². The molecule has 3 N–H and O–H groups in total. The number of carboxylic acid groups (broad SMARTS) is 1. The van der Waals surface area contributed by atoms with E-state index in [2.05, 4.69) is 9.97 Å². The van der Waals surface area contributed by atoms with Crippen LogP contribution >= 0.6 is 11.3 Å². The van der Waals surface area contributed by atoms with E-state index < -0.39 is 5.97 Å². The van der Waals surface area contributed by atoms with Crippen LogP contribution in [0.4, 0.5) is 0 Å². The Bertz CT molecular complexity index is 926. The Hall–Kier alpha value is -2.97. The number of aromatic carboxylic acids is 1. The summed E-state index contributed by atoms with van der Waals surface area (Å²) in [5.74, 6) is 0.315. The Morgan fingerprint density at radius 1 is 1.04 bits per heavy atom. The minimum absolute atomic E-state index is 0. The zero-order valence-corrected chi connectivity index (χ0v) is 15.7. The highest BCUT2D eigenvalue weighted by atomic mass is 32.1. The van der Waals surface area contributed by atoms with Gasteiger partial charge in [0.25, 0.3) is 0 Å². The largest absolute Gasteiger partial charge is 0.490 e. The first-order valence-electron chi connectivity index (χ1n) is 8.18. The van der Waals surface area contributed by atoms with Gasteiger partial charge in [-0.25, -0.2) is 14.8 Å². The zero-order valence-electron chi connectivity index (χ0n) is 14.9. The third kappa shape index (κ3) is 4.60. The molecule has 2 aromatic heterocycles. The van der Waals surface area contributed by atoms with E-state index >= 15 is 0 Å². The molecule has 0 amide bonds.